The molecule has 0 radical (unpaired) electrons. The highest BCUT2D eigenvalue weighted by atomic mass is 79.9. The van der Waals surface area contributed by atoms with E-state index < -0.39 is 0 Å². The van der Waals surface area contributed by atoms with E-state index in [1.807, 2.05) is 6.20 Å². The summed E-state index contributed by atoms with van der Waals surface area (Å²) in [4.78, 5) is 4.36. The van der Waals surface area contributed by atoms with E-state index in [9.17, 15) is 0 Å². The SMILES string of the molecule is Cc1cc(Br)cnc1NC1CCNC1. The minimum Gasteiger partial charge on any atom is -0.366 e. The molecule has 1 saturated heterocycles. The van der Waals surface area contributed by atoms with Crippen molar-refractivity contribution in [2.75, 3.05) is 18.4 Å². The Hall–Kier alpha value is -0.610. The van der Waals surface area contributed by atoms with Crippen LogP contribution < -0.4 is 10.6 Å². The van der Waals surface area contributed by atoms with Crippen molar-refractivity contribution in [2.45, 2.75) is 19.4 Å². The molecule has 1 aliphatic heterocycles. The van der Waals surface area contributed by atoms with Crippen LogP contribution >= 0.6 is 15.9 Å². The van der Waals surface area contributed by atoms with Gasteiger partial charge in [0.15, 0.2) is 0 Å². The maximum absolute atomic E-state index is 4.36. The van der Waals surface area contributed by atoms with Crippen molar-refractivity contribution < 1.29 is 0 Å². The third-order valence-electron chi connectivity index (χ3n) is 2.45. The smallest absolute Gasteiger partial charge is 0.129 e. The lowest BCUT2D eigenvalue weighted by atomic mass is 10.2. The Morgan fingerprint density at radius 1 is 1.64 bits per heavy atom. The van der Waals surface area contributed by atoms with Gasteiger partial charge in [-0.2, -0.15) is 0 Å². The molecule has 0 saturated carbocycles. The van der Waals surface area contributed by atoms with E-state index in [4.69, 9.17) is 0 Å². The van der Waals surface area contributed by atoms with Gasteiger partial charge in [-0.25, -0.2) is 4.98 Å². The molecule has 14 heavy (non-hydrogen) atoms. The number of aryl methyl sites for hydroxylation is 1. The first-order valence-electron chi connectivity index (χ1n) is 4.85. The van der Waals surface area contributed by atoms with Gasteiger partial charge in [0.05, 0.1) is 0 Å². The number of hydrogen-bond acceptors (Lipinski definition) is 3. The van der Waals surface area contributed by atoms with Crippen LogP contribution in [-0.4, -0.2) is 24.1 Å². The molecule has 1 aromatic heterocycles. The lowest BCUT2D eigenvalue weighted by molar-refractivity contribution is 0.786. The van der Waals surface area contributed by atoms with Gasteiger partial charge < -0.3 is 10.6 Å². The molecule has 1 atom stereocenters. The van der Waals surface area contributed by atoms with E-state index in [-0.39, 0.29) is 0 Å². The Kier molecular flexibility index (Phi) is 3.03. The third kappa shape index (κ3) is 2.25. The van der Waals surface area contributed by atoms with Gasteiger partial charge in [0, 0.05) is 23.3 Å². The van der Waals surface area contributed by atoms with Crippen LogP contribution in [0.5, 0.6) is 0 Å². The highest BCUT2D eigenvalue weighted by Gasteiger charge is 2.14. The predicted octanol–water partition coefficient (Wildman–Crippen LogP) is 1.93. The Morgan fingerprint density at radius 3 is 3.14 bits per heavy atom. The van der Waals surface area contributed by atoms with Crippen LogP contribution in [0, 0.1) is 6.92 Å². The van der Waals surface area contributed by atoms with Crippen LogP contribution in [-0.2, 0) is 0 Å². The topological polar surface area (TPSA) is 37.0 Å². The predicted molar refractivity (Wildman–Crippen MR) is 61.6 cm³/mol. The van der Waals surface area contributed by atoms with Crippen LogP contribution in [0.25, 0.3) is 0 Å². The van der Waals surface area contributed by atoms with Gasteiger partial charge in [0.2, 0.25) is 0 Å². The average molecular weight is 256 g/mol. The lowest BCUT2D eigenvalue weighted by Gasteiger charge is -2.13. The monoisotopic (exact) mass is 255 g/mol. The third-order valence-corrected chi connectivity index (χ3v) is 2.88. The van der Waals surface area contributed by atoms with Crippen molar-refractivity contribution in [1.29, 1.82) is 0 Å². The zero-order chi connectivity index (χ0) is 9.97. The zero-order valence-electron chi connectivity index (χ0n) is 8.18. The number of nitrogens with zero attached hydrogens (tertiary/aromatic N) is 1. The van der Waals surface area contributed by atoms with Crippen molar-refractivity contribution in [3.05, 3.63) is 22.3 Å². The maximum Gasteiger partial charge on any atom is 0.129 e. The van der Waals surface area contributed by atoms with Gasteiger partial charge in [0.1, 0.15) is 5.82 Å². The van der Waals surface area contributed by atoms with E-state index in [1.165, 1.54) is 12.0 Å². The summed E-state index contributed by atoms with van der Waals surface area (Å²) >= 11 is 3.41. The maximum atomic E-state index is 4.36. The number of halogens is 1. The fourth-order valence-electron chi connectivity index (χ4n) is 1.66. The van der Waals surface area contributed by atoms with Crippen molar-refractivity contribution in [1.82, 2.24) is 10.3 Å². The molecule has 0 aromatic carbocycles. The summed E-state index contributed by atoms with van der Waals surface area (Å²) in [5.74, 6) is 1.00. The molecule has 1 aromatic rings. The lowest BCUT2D eigenvalue weighted by Crippen LogP contribution is -2.23. The molecule has 0 bridgehead atoms. The summed E-state index contributed by atoms with van der Waals surface area (Å²) in [5.41, 5.74) is 1.19. The summed E-state index contributed by atoms with van der Waals surface area (Å²) < 4.78 is 1.03. The number of pyridine rings is 1. The molecule has 76 valence electrons. The number of nitrogens with one attached hydrogen (secondary N) is 2. The van der Waals surface area contributed by atoms with Gasteiger partial charge in [-0.15, -0.1) is 0 Å². The number of rotatable bonds is 2. The quantitative estimate of drug-likeness (QED) is 0.848. The largest absolute Gasteiger partial charge is 0.366 e. The molecular weight excluding hydrogens is 242 g/mol. The second-order valence-electron chi connectivity index (χ2n) is 3.65. The van der Waals surface area contributed by atoms with E-state index in [1.54, 1.807) is 0 Å². The summed E-state index contributed by atoms with van der Waals surface area (Å²) in [6.45, 7) is 4.22. The number of anilines is 1. The second-order valence-corrected chi connectivity index (χ2v) is 4.57. The first-order valence-corrected chi connectivity index (χ1v) is 5.64. The Morgan fingerprint density at radius 2 is 2.50 bits per heavy atom. The summed E-state index contributed by atoms with van der Waals surface area (Å²) in [7, 11) is 0. The molecular formula is C10H14BrN3. The van der Waals surface area contributed by atoms with Crippen molar-refractivity contribution in [2.24, 2.45) is 0 Å². The molecule has 0 spiro atoms. The molecule has 4 heteroatoms. The molecule has 1 aliphatic rings. The average Bonchev–Trinajstić information content (AvgIpc) is 2.62. The minimum atomic E-state index is 0.530. The first kappa shape index (κ1) is 9.93. The van der Waals surface area contributed by atoms with E-state index in [0.29, 0.717) is 6.04 Å². The van der Waals surface area contributed by atoms with Gasteiger partial charge in [0.25, 0.3) is 0 Å². The van der Waals surface area contributed by atoms with Gasteiger partial charge in [-0.3, -0.25) is 0 Å². The molecule has 3 nitrogen and oxygen atoms in total. The highest BCUT2D eigenvalue weighted by molar-refractivity contribution is 9.10. The van der Waals surface area contributed by atoms with Crippen LogP contribution in [0.1, 0.15) is 12.0 Å². The van der Waals surface area contributed by atoms with Gasteiger partial charge >= 0.3 is 0 Å². The van der Waals surface area contributed by atoms with Crippen molar-refractivity contribution in [3.8, 4) is 0 Å². The van der Waals surface area contributed by atoms with Gasteiger partial charge in [-0.1, -0.05) is 0 Å². The summed E-state index contributed by atoms with van der Waals surface area (Å²) in [5, 5.41) is 6.77. The standard InChI is InChI=1S/C10H14BrN3/c1-7-4-8(11)5-13-10(7)14-9-2-3-12-6-9/h4-5,9,12H,2-3,6H2,1H3,(H,13,14). The fourth-order valence-corrected chi connectivity index (χ4v) is 2.11. The zero-order valence-corrected chi connectivity index (χ0v) is 9.76. The van der Waals surface area contributed by atoms with Crippen LogP contribution in [0.15, 0.2) is 16.7 Å². The Bertz CT molecular complexity index is 321. The van der Waals surface area contributed by atoms with Crippen LogP contribution in [0.4, 0.5) is 5.82 Å². The molecule has 2 heterocycles. The summed E-state index contributed by atoms with van der Waals surface area (Å²) in [6, 6.07) is 2.61. The highest BCUT2D eigenvalue weighted by Crippen LogP contribution is 2.18. The molecule has 1 unspecified atom stereocenters. The van der Waals surface area contributed by atoms with Crippen molar-refractivity contribution in [3.63, 3.8) is 0 Å². The molecule has 0 aliphatic carbocycles. The Balaban J connectivity index is 2.08. The van der Waals surface area contributed by atoms with Crippen molar-refractivity contribution >= 4 is 21.7 Å². The summed E-state index contributed by atoms with van der Waals surface area (Å²) in [6.07, 6.45) is 3.01. The van der Waals surface area contributed by atoms with E-state index in [2.05, 4.69) is 44.5 Å². The van der Waals surface area contributed by atoms with Crippen LogP contribution in [0.2, 0.25) is 0 Å². The molecule has 1 fully saturated rings. The Labute approximate surface area is 92.4 Å². The number of hydrogen-bond donors (Lipinski definition) is 2. The normalized spacial score (nSPS) is 21.1. The molecule has 0 amide bonds. The van der Waals surface area contributed by atoms with E-state index >= 15 is 0 Å². The second kappa shape index (κ2) is 4.28. The first-order chi connectivity index (χ1) is 6.75. The minimum absolute atomic E-state index is 0.530. The molecule has 2 rings (SSSR count). The van der Waals surface area contributed by atoms with Gasteiger partial charge in [-0.05, 0) is 47.4 Å². The van der Waals surface area contributed by atoms with Crippen LogP contribution in [0.3, 0.4) is 0 Å². The molecule has 2 N–H and O–H groups in total. The number of aromatic nitrogens is 1. The fraction of sp³-hybridized carbons (Fsp3) is 0.500. The van der Waals surface area contributed by atoms with E-state index in [0.717, 1.165) is 23.4 Å².